The van der Waals surface area contributed by atoms with Gasteiger partial charge in [0, 0.05) is 17.7 Å². The van der Waals surface area contributed by atoms with Crippen molar-refractivity contribution >= 4 is 39.5 Å². The molecule has 1 N–H and O–H groups in total. The predicted molar refractivity (Wildman–Crippen MR) is 87.3 cm³/mol. The van der Waals surface area contributed by atoms with Gasteiger partial charge in [-0.3, -0.25) is 9.59 Å². The lowest BCUT2D eigenvalue weighted by Gasteiger charge is -2.04. The van der Waals surface area contributed by atoms with Crippen molar-refractivity contribution in [2.24, 2.45) is 0 Å². The van der Waals surface area contributed by atoms with Crippen molar-refractivity contribution in [2.45, 2.75) is 6.61 Å². The van der Waals surface area contributed by atoms with Crippen LogP contribution in [0, 0.1) is 0 Å². The van der Waals surface area contributed by atoms with E-state index >= 15 is 0 Å². The molecule has 2 heterocycles. The number of carbonyl (C=O) groups excluding carboxylic acids is 1. The fourth-order valence-electron chi connectivity index (χ4n) is 1.89. The van der Waals surface area contributed by atoms with E-state index < -0.39 is 11.5 Å². The molecule has 3 rings (SSSR count). The van der Waals surface area contributed by atoms with Crippen molar-refractivity contribution in [3.63, 3.8) is 0 Å². The summed E-state index contributed by atoms with van der Waals surface area (Å²) in [5.74, 6) is -0.423. The van der Waals surface area contributed by atoms with Crippen molar-refractivity contribution in [3.8, 4) is 0 Å². The molecule has 0 unspecified atom stereocenters. The SMILES string of the molecule is COCc1nn2c(=O)c(NC(=O)c3ccc(Cl)cc3)cnc2s1. The molecule has 0 saturated carbocycles. The van der Waals surface area contributed by atoms with E-state index in [0.29, 0.717) is 27.2 Å². The maximum atomic E-state index is 12.4. The van der Waals surface area contributed by atoms with Gasteiger partial charge in [-0.15, -0.1) is 0 Å². The van der Waals surface area contributed by atoms with E-state index in [2.05, 4.69) is 15.4 Å². The average Bonchev–Trinajstić information content (AvgIpc) is 2.95. The summed E-state index contributed by atoms with van der Waals surface area (Å²) in [6.45, 7) is 0.292. The van der Waals surface area contributed by atoms with E-state index in [4.69, 9.17) is 16.3 Å². The van der Waals surface area contributed by atoms with E-state index in [1.54, 1.807) is 31.4 Å². The van der Waals surface area contributed by atoms with Crippen molar-refractivity contribution in [1.82, 2.24) is 14.6 Å². The predicted octanol–water partition coefficient (Wildman–Crippen LogP) is 2.20. The molecule has 23 heavy (non-hydrogen) atoms. The van der Waals surface area contributed by atoms with Crippen LogP contribution in [0.15, 0.2) is 35.3 Å². The van der Waals surface area contributed by atoms with Gasteiger partial charge in [-0.2, -0.15) is 9.61 Å². The number of carbonyl (C=O) groups is 1. The second-order valence-corrected chi connectivity index (χ2v) is 6.04. The van der Waals surface area contributed by atoms with Gasteiger partial charge < -0.3 is 10.1 Å². The van der Waals surface area contributed by atoms with Crippen LogP contribution >= 0.6 is 22.9 Å². The molecular formula is C14H11ClN4O3S. The molecule has 1 aromatic carbocycles. The maximum Gasteiger partial charge on any atom is 0.298 e. The summed E-state index contributed by atoms with van der Waals surface area (Å²) in [6.07, 6.45) is 1.32. The van der Waals surface area contributed by atoms with Gasteiger partial charge in [-0.05, 0) is 24.3 Å². The molecule has 0 aliphatic rings. The highest BCUT2D eigenvalue weighted by Crippen LogP contribution is 2.14. The Kier molecular flexibility index (Phi) is 4.37. The zero-order valence-electron chi connectivity index (χ0n) is 11.9. The molecule has 0 aliphatic heterocycles. The highest BCUT2D eigenvalue weighted by Gasteiger charge is 2.13. The summed E-state index contributed by atoms with van der Waals surface area (Å²) in [7, 11) is 1.54. The van der Waals surface area contributed by atoms with Gasteiger partial charge in [0.05, 0.1) is 12.8 Å². The van der Waals surface area contributed by atoms with Crippen molar-refractivity contribution in [2.75, 3.05) is 12.4 Å². The van der Waals surface area contributed by atoms with E-state index in [9.17, 15) is 9.59 Å². The third kappa shape index (κ3) is 3.24. The number of aromatic nitrogens is 3. The molecule has 9 heteroatoms. The van der Waals surface area contributed by atoms with Crippen molar-refractivity contribution in [1.29, 1.82) is 0 Å². The number of anilines is 1. The van der Waals surface area contributed by atoms with Gasteiger partial charge in [0.1, 0.15) is 10.7 Å². The first kappa shape index (κ1) is 15.6. The zero-order chi connectivity index (χ0) is 16.4. The Morgan fingerprint density at radius 1 is 1.39 bits per heavy atom. The molecule has 0 spiro atoms. The molecule has 0 radical (unpaired) electrons. The van der Waals surface area contributed by atoms with Gasteiger partial charge in [-0.25, -0.2) is 4.98 Å². The quantitative estimate of drug-likeness (QED) is 0.779. The van der Waals surface area contributed by atoms with Crippen LogP contribution in [0.3, 0.4) is 0 Å². The van der Waals surface area contributed by atoms with Crippen LogP contribution in [0.25, 0.3) is 4.96 Å². The number of rotatable bonds is 4. The van der Waals surface area contributed by atoms with Crippen LogP contribution in [-0.2, 0) is 11.3 Å². The Hall–Kier alpha value is -2.29. The van der Waals surface area contributed by atoms with Gasteiger partial charge in [0.15, 0.2) is 0 Å². The molecule has 0 bridgehead atoms. The monoisotopic (exact) mass is 350 g/mol. The number of methoxy groups -OCH3 is 1. The largest absolute Gasteiger partial charge is 0.377 e. The van der Waals surface area contributed by atoms with Gasteiger partial charge >= 0.3 is 0 Å². The normalized spacial score (nSPS) is 10.9. The molecule has 3 aromatic rings. The Balaban J connectivity index is 1.90. The summed E-state index contributed by atoms with van der Waals surface area (Å²) in [4.78, 5) is 29.1. The smallest absolute Gasteiger partial charge is 0.298 e. The van der Waals surface area contributed by atoms with E-state index in [1.807, 2.05) is 0 Å². The first-order chi connectivity index (χ1) is 11.1. The Labute approximate surface area is 139 Å². The summed E-state index contributed by atoms with van der Waals surface area (Å²) in [6, 6.07) is 6.34. The minimum atomic E-state index is -0.448. The zero-order valence-corrected chi connectivity index (χ0v) is 13.5. The van der Waals surface area contributed by atoms with Crippen LogP contribution in [0.1, 0.15) is 15.4 Å². The molecule has 118 valence electrons. The molecule has 0 aliphatic carbocycles. The number of nitrogens with zero attached hydrogens (tertiary/aromatic N) is 3. The standard InChI is InChI=1S/C14H11ClN4O3S/c1-22-7-11-18-19-13(21)10(6-16-14(19)23-11)17-12(20)8-2-4-9(15)5-3-8/h2-6H,7H2,1H3,(H,17,20). The molecule has 0 atom stereocenters. The number of benzene rings is 1. The first-order valence-corrected chi connectivity index (χ1v) is 7.71. The van der Waals surface area contributed by atoms with Crippen LogP contribution in [0.5, 0.6) is 0 Å². The van der Waals surface area contributed by atoms with E-state index in [-0.39, 0.29) is 5.69 Å². The van der Waals surface area contributed by atoms with Crippen LogP contribution in [0.2, 0.25) is 5.02 Å². The Morgan fingerprint density at radius 2 is 2.13 bits per heavy atom. The number of amides is 1. The molecule has 0 fully saturated rings. The Morgan fingerprint density at radius 3 is 2.83 bits per heavy atom. The second kappa shape index (κ2) is 6.45. The number of nitrogens with one attached hydrogen (secondary N) is 1. The van der Waals surface area contributed by atoms with E-state index in [0.717, 1.165) is 4.52 Å². The fourth-order valence-corrected chi connectivity index (χ4v) is 2.84. The number of fused-ring (bicyclic) bond motifs is 1. The third-order valence-corrected chi connectivity index (χ3v) is 4.10. The maximum absolute atomic E-state index is 12.4. The first-order valence-electron chi connectivity index (χ1n) is 6.52. The summed E-state index contributed by atoms with van der Waals surface area (Å²) in [5, 5.41) is 7.80. The van der Waals surface area contributed by atoms with Crippen LogP contribution < -0.4 is 10.9 Å². The van der Waals surface area contributed by atoms with Crippen LogP contribution in [-0.4, -0.2) is 27.6 Å². The summed E-state index contributed by atoms with van der Waals surface area (Å²) >= 11 is 7.03. The lowest BCUT2D eigenvalue weighted by atomic mass is 10.2. The summed E-state index contributed by atoms with van der Waals surface area (Å²) < 4.78 is 6.13. The highest BCUT2D eigenvalue weighted by molar-refractivity contribution is 7.16. The molecule has 0 saturated heterocycles. The molecular weight excluding hydrogens is 340 g/mol. The second-order valence-electron chi connectivity index (χ2n) is 4.56. The molecule has 1 amide bonds. The topological polar surface area (TPSA) is 85.6 Å². The fraction of sp³-hybridized carbons (Fsp3) is 0.143. The lowest BCUT2D eigenvalue weighted by Crippen LogP contribution is -2.23. The number of halogens is 1. The van der Waals surface area contributed by atoms with E-state index in [1.165, 1.54) is 17.5 Å². The van der Waals surface area contributed by atoms with Crippen molar-refractivity contribution < 1.29 is 9.53 Å². The third-order valence-electron chi connectivity index (χ3n) is 2.95. The van der Waals surface area contributed by atoms with Gasteiger partial charge in [-0.1, -0.05) is 22.9 Å². The summed E-state index contributed by atoms with van der Waals surface area (Å²) in [5.41, 5.74) is -0.00937. The minimum absolute atomic E-state index is 0.0525. The highest BCUT2D eigenvalue weighted by atomic mass is 35.5. The number of ether oxygens (including phenoxy) is 1. The average molecular weight is 351 g/mol. The van der Waals surface area contributed by atoms with Gasteiger partial charge in [0.25, 0.3) is 11.5 Å². The lowest BCUT2D eigenvalue weighted by molar-refractivity contribution is 0.102. The van der Waals surface area contributed by atoms with Gasteiger partial charge in [0.2, 0.25) is 4.96 Å². The van der Waals surface area contributed by atoms with Crippen LogP contribution in [0.4, 0.5) is 5.69 Å². The minimum Gasteiger partial charge on any atom is -0.377 e. The number of hydrogen-bond donors (Lipinski definition) is 1. The molecule has 7 nitrogen and oxygen atoms in total. The van der Waals surface area contributed by atoms with Crippen molar-refractivity contribution in [3.05, 3.63) is 56.4 Å². The molecule has 2 aromatic heterocycles. The Bertz CT molecular complexity index is 920. The number of hydrogen-bond acceptors (Lipinski definition) is 6.